The number of likely N-dealkylation sites (tertiary alicyclic amines) is 1. The zero-order valence-corrected chi connectivity index (χ0v) is 16.7. The number of carbonyl (C=O) groups excluding carboxylic acids is 1. The lowest BCUT2D eigenvalue weighted by Gasteiger charge is -2.32. The van der Waals surface area contributed by atoms with Crippen LogP contribution in [0.4, 0.5) is 0 Å². The number of hydrogen-bond acceptors (Lipinski definition) is 5. The van der Waals surface area contributed by atoms with Crippen molar-refractivity contribution in [1.29, 1.82) is 0 Å². The molecular formula is C20H23N3OS2. The van der Waals surface area contributed by atoms with Crippen molar-refractivity contribution in [2.24, 2.45) is 0 Å². The highest BCUT2D eigenvalue weighted by Gasteiger charge is 2.34. The number of likely N-dealkylation sites (N-methyl/N-ethyl adjacent to an activating group) is 1. The molecule has 1 aromatic carbocycles. The summed E-state index contributed by atoms with van der Waals surface area (Å²) in [4.78, 5) is 21.9. The van der Waals surface area contributed by atoms with E-state index in [1.54, 1.807) is 22.7 Å². The largest absolute Gasteiger partial charge is 0.338 e. The van der Waals surface area contributed by atoms with E-state index in [9.17, 15) is 4.79 Å². The Kier molecular flexibility index (Phi) is 5.07. The fourth-order valence-electron chi connectivity index (χ4n) is 3.80. The SMILES string of the molecule is C[C@H](C(=O)N(C)Cc1nc2ccccc2s1)N1CCC[C@@H]1c1ccsc1. The summed E-state index contributed by atoms with van der Waals surface area (Å²) in [7, 11) is 1.89. The van der Waals surface area contributed by atoms with Crippen LogP contribution in [0.25, 0.3) is 10.2 Å². The van der Waals surface area contributed by atoms with Crippen LogP contribution in [-0.4, -0.2) is 40.3 Å². The van der Waals surface area contributed by atoms with Crippen molar-refractivity contribution in [2.75, 3.05) is 13.6 Å². The van der Waals surface area contributed by atoms with Gasteiger partial charge in [-0.15, -0.1) is 11.3 Å². The van der Waals surface area contributed by atoms with Gasteiger partial charge in [-0.1, -0.05) is 12.1 Å². The topological polar surface area (TPSA) is 36.4 Å². The van der Waals surface area contributed by atoms with Crippen molar-refractivity contribution in [3.05, 3.63) is 51.7 Å². The van der Waals surface area contributed by atoms with Crippen LogP contribution in [0, 0.1) is 0 Å². The summed E-state index contributed by atoms with van der Waals surface area (Å²) in [6.45, 7) is 3.60. The highest BCUT2D eigenvalue weighted by Crippen LogP contribution is 2.35. The summed E-state index contributed by atoms with van der Waals surface area (Å²) in [6.07, 6.45) is 2.29. The molecule has 0 unspecified atom stereocenters. The summed E-state index contributed by atoms with van der Waals surface area (Å²) in [5.74, 6) is 0.173. The number of thiazole rings is 1. The first kappa shape index (κ1) is 17.6. The van der Waals surface area contributed by atoms with Crippen molar-refractivity contribution in [1.82, 2.24) is 14.8 Å². The molecule has 3 heterocycles. The average molecular weight is 386 g/mol. The lowest BCUT2D eigenvalue weighted by Crippen LogP contribution is -2.45. The Hall–Kier alpha value is -1.76. The Morgan fingerprint density at radius 1 is 1.38 bits per heavy atom. The maximum atomic E-state index is 13.0. The Morgan fingerprint density at radius 2 is 2.23 bits per heavy atom. The third-order valence-corrected chi connectivity index (χ3v) is 6.89. The summed E-state index contributed by atoms with van der Waals surface area (Å²) in [6, 6.07) is 10.6. The molecule has 1 aliphatic heterocycles. The third kappa shape index (κ3) is 3.41. The van der Waals surface area contributed by atoms with Crippen molar-refractivity contribution in [3.8, 4) is 0 Å². The molecular weight excluding hydrogens is 362 g/mol. The number of rotatable bonds is 5. The minimum absolute atomic E-state index is 0.109. The number of amides is 1. The van der Waals surface area contributed by atoms with Crippen LogP contribution in [0.1, 0.15) is 36.4 Å². The van der Waals surface area contributed by atoms with E-state index in [-0.39, 0.29) is 11.9 Å². The van der Waals surface area contributed by atoms with Gasteiger partial charge in [0.15, 0.2) is 0 Å². The minimum Gasteiger partial charge on any atom is -0.338 e. The van der Waals surface area contributed by atoms with Crippen LogP contribution < -0.4 is 0 Å². The predicted molar refractivity (Wildman–Crippen MR) is 109 cm³/mol. The first-order valence-electron chi connectivity index (χ1n) is 9.01. The Labute approximate surface area is 162 Å². The molecule has 0 spiro atoms. The van der Waals surface area contributed by atoms with Gasteiger partial charge in [0, 0.05) is 13.1 Å². The molecule has 4 nitrogen and oxygen atoms in total. The van der Waals surface area contributed by atoms with Gasteiger partial charge < -0.3 is 4.90 Å². The first-order valence-corrected chi connectivity index (χ1v) is 10.8. The van der Waals surface area contributed by atoms with E-state index in [0.717, 1.165) is 29.9 Å². The van der Waals surface area contributed by atoms with Gasteiger partial charge in [-0.25, -0.2) is 4.98 Å². The van der Waals surface area contributed by atoms with Crippen LogP contribution in [0.2, 0.25) is 0 Å². The second-order valence-corrected chi connectivity index (χ2v) is 8.79. The summed E-state index contributed by atoms with van der Waals surface area (Å²) < 4.78 is 1.17. The van der Waals surface area contributed by atoms with Crippen LogP contribution in [0.3, 0.4) is 0 Å². The monoisotopic (exact) mass is 385 g/mol. The van der Waals surface area contributed by atoms with E-state index in [0.29, 0.717) is 12.6 Å². The highest BCUT2D eigenvalue weighted by molar-refractivity contribution is 7.18. The van der Waals surface area contributed by atoms with E-state index in [1.807, 2.05) is 37.1 Å². The van der Waals surface area contributed by atoms with Gasteiger partial charge in [0.1, 0.15) is 5.01 Å². The number of fused-ring (bicyclic) bond motifs is 1. The molecule has 0 aliphatic carbocycles. The van der Waals surface area contributed by atoms with Gasteiger partial charge in [-0.3, -0.25) is 9.69 Å². The molecule has 0 radical (unpaired) electrons. The number of para-hydroxylation sites is 1. The fourth-order valence-corrected chi connectivity index (χ4v) is 5.53. The molecule has 1 amide bonds. The van der Waals surface area contributed by atoms with E-state index in [2.05, 4.69) is 32.8 Å². The maximum absolute atomic E-state index is 13.0. The van der Waals surface area contributed by atoms with Gasteiger partial charge in [0.25, 0.3) is 0 Å². The quantitative estimate of drug-likeness (QED) is 0.647. The van der Waals surface area contributed by atoms with Crippen LogP contribution in [0.15, 0.2) is 41.1 Å². The summed E-state index contributed by atoms with van der Waals surface area (Å²) in [5.41, 5.74) is 2.36. The molecule has 6 heteroatoms. The molecule has 2 atom stereocenters. The molecule has 26 heavy (non-hydrogen) atoms. The van der Waals surface area contributed by atoms with E-state index >= 15 is 0 Å². The lowest BCUT2D eigenvalue weighted by molar-refractivity contribution is -0.136. The van der Waals surface area contributed by atoms with Crippen molar-refractivity contribution in [2.45, 2.75) is 38.4 Å². The number of carbonyl (C=O) groups is 1. The molecule has 136 valence electrons. The van der Waals surface area contributed by atoms with E-state index in [4.69, 9.17) is 0 Å². The molecule has 2 aromatic heterocycles. The second kappa shape index (κ2) is 7.47. The van der Waals surface area contributed by atoms with Crippen LogP contribution in [-0.2, 0) is 11.3 Å². The molecule has 0 N–H and O–H groups in total. The van der Waals surface area contributed by atoms with Crippen molar-refractivity contribution < 1.29 is 4.79 Å². The third-order valence-electron chi connectivity index (χ3n) is 5.16. The molecule has 0 bridgehead atoms. The first-order chi connectivity index (χ1) is 12.6. The number of benzene rings is 1. The van der Waals surface area contributed by atoms with Gasteiger partial charge in [0.05, 0.1) is 22.8 Å². The normalized spacial score (nSPS) is 19.1. The molecule has 1 saturated heterocycles. The smallest absolute Gasteiger partial charge is 0.239 e. The summed E-state index contributed by atoms with van der Waals surface area (Å²) >= 11 is 3.40. The van der Waals surface area contributed by atoms with Crippen molar-refractivity contribution in [3.63, 3.8) is 0 Å². The minimum atomic E-state index is -0.109. The zero-order valence-electron chi connectivity index (χ0n) is 15.1. The predicted octanol–water partition coefficient (Wildman–Crippen LogP) is 4.54. The fraction of sp³-hybridized carbons (Fsp3) is 0.400. The number of nitrogens with zero attached hydrogens (tertiary/aromatic N) is 3. The molecule has 1 aliphatic rings. The lowest BCUT2D eigenvalue weighted by atomic mass is 10.1. The van der Waals surface area contributed by atoms with Gasteiger partial charge in [0.2, 0.25) is 5.91 Å². The van der Waals surface area contributed by atoms with Gasteiger partial charge in [-0.05, 0) is 60.8 Å². The highest BCUT2D eigenvalue weighted by atomic mass is 32.1. The van der Waals surface area contributed by atoms with E-state index in [1.165, 1.54) is 10.3 Å². The number of thiophene rings is 1. The van der Waals surface area contributed by atoms with Crippen LogP contribution in [0.5, 0.6) is 0 Å². The van der Waals surface area contributed by atoms with Crippen LogP contribution >= 0.6 is 22.7 Å². The Morgan fingerprint density at radius 3 is 3.00 bits per heavy atom. The maximum Gasteiger partial charge on any atom is 0.239 e. The molecule has 3 aromatic rings. The molecule has 0 saturated carbocycles. The van der Waals surface area contributed by atoms with Gasteiger partial charge >= 0.3 is 0 Å². The Bertz CT molecular complexity index is 856. The van der Waals surface area contributed by atoms with Gasteiger partial charge in [-0.2, -0.15) is 11.3 Å². The zero-order chi connectivity index (χ0) is 18.1. The molecule has 1 fully saturated rings. The molecule has 4 rings (SSSR count). The Balaban J connectivity index is 1.45. The van der Waals surface area contributed by atoms with Crippen molar-refractivity contribution >= 4 is 38.8 Å². The number of aromatic nitrogens is 1. The summed E-state index contributed by atoms with van der Waals surface area (Å²) in [5, 5.41) is 5.33. The average Bonchev–Trinajstić information content (AvgIpc) is 3.38. The number of hydrogen-bond donors (Lipinski definition) is 0. The standard InChI is InChI=1S/C20H23N3OS2/c1-14(23-10-5-7-17(23)15-9-11-25-13-15)20(24)22(2)12-19-21-16-6-3-4-8-18(16)26-19/h3-4,6,8-9,11,13-14,17H,5,7,10,12H2,1-2H3/t14-,17-/m1/s1. The van der Waals surface area contributed by atoms with E-state index < -0.39 is 0 Å². The second-order valence-electron chi connectivity index (χ2n) is 6.90.